The molecule has 0 radical (unpaired) electrons. The number of allylic oxidation sites excluding steroid dienone is 1. The van der Waals surface area contributed by atoms with Gasteiger partial charge in [0.25, 0.3) is 0 Å². The van der Waals surface area contributed by atoms with Gasteiger partial charge in [0.15, 0.2) is 0 Å². The number of fused-ring (bicyclic) bond motifs is 2. The van der Waals surface area contributed by atoms with Crippen molar-refractivity contribution >= 4 is 0 Å². The average molecular weight is 179 g/mol. The predicted molar refractivity (Wildman–Crippen MR) is 56.4 cm³/mol. The first-order valence-corrected chi connectivity index (χ1v) is 5.56. The smallest absolute Gasteiger partial charge is 0.00993 e. The van der Waals surface area contributed by atoms with Crippen molar-refractivity contribution in [3.05, 3.63) is 11.6 Å². The van der Waals surface area contributed by atoms with Gasteiger partial charge in [0.2, 0.25) is 0 Å². The molecule has 0 spiro atoms. The lowest BCUT2D eigenvalue weighted by Crippen LogP contribution is -2.40. The van der Waals surface area contributed by atoms with Crippen molar-refractivity contribution in [1.29, 1.82) is 0 Å². The molecular weight excluding hydrogens is 158 g/mol. The molecule has 1 fully saturated rings. The fourth-order valence-corrected chi connectivity index (χ4v) is 2.96. The highest BCUT2D eigenvalue weighted by Gasteiger charge is 2.35. The van der Waals surface area contributed by atoms with Crippen LogP contribution in [-0.4, -0.2) is 6.04 Å². The summed E-state index contributed by atoms with van der Waals surface area (Å²) in [6.45, 7) is 4.48. The molecule has 1 nitrogen and oxygen atoms in total. The Morgan fingerprint density at radius 2 is 2.38 bits per heavy atom. The molecule has 2 aliphatic rings. The summed E-state index contributed by atoms with van der Waals surface area (Å²) in [6.07, 6.45) is 9.33. The number of hydrogen-bond donors (Lipinski definition) is 1. The Morgan fingerprint density at radius 3 is 3.00 bits per heavy atom. The van der Waals surface area contributed by atoms with Crippen LogP contribution in [0.3, 0.4) is 0 Å². The van der Waals surface area contributed by atoms with Gasteiger partial charge in [0.05, 0.1) is 0 Å². The Balaban J connectivity index is 2.24. The standard InChI is InChI=1S/C12H21N/c1-9(13)12(2)7-10-4-3-5-11(6-10)8-12/h7,9,11H,3-6,8,13H2,1-2H3. The van der Waals surface area contributed by atoms with Crippen LogP contribution in [0.25, 0.3) is 0 Å². The van der Waals surface area contributed by atoms with E-state index in [-0.39, 0.29) is 0 Å². The third-order valence-corrected chi connectivity index (χ3v) is 3.96. The minimum atomic E-state index is 0.290. The molecule has 1 saturated carbocycles. The summed E-state index contributed by atoms with van der Waals surface area (Å²) in [6, 6.07) is 0.309. The van der Waals surface area contributed by atoms with Crippen molar-refractivity contribution in [2.75, 3.05) is 0 Å². The molecule has 2 rings (SSSR count). The van der Waals surface area contributed by atoms with Crippen LogP contribution in [0, 0.1) is 11.3 Å². The molecule has 13 heavy (non-hydrogen) atoms. The molecule has 1 heteroatoms. The van der Waals surface area contributed by atoms with Gasteiger partial charge in [-0.1, -0.05) is 18.6 Å². The zero-order valence-electron chi connectivity index (χ0n) is 8.84. The second-order valence-electron chi connectivity index (χ2n) is 5.26. The Bertz CT molecular complexity index is 229. The molecule has 3 unspecified atom stereocenters. The molecule has 74 valence electrons. The number of hydrogen-bond acceptors (Lipinski definition) is 1. The molecule has 2 bridgehead atoms. The van der Waals surface area contributed by atoms with Gasteiger partial charge in [-0.25, -0.2) is 0 Å². The number of rotatable bonds is 1. The largest absolute Gasteiger partial charge is 0.327 e. The van der Waals surface area contributed by atoms with Gasteiger partial charge in [0.1, 0.15) is 0 Å². The van der Waals surface area contributed by atoms with Gasteiger partial charge in [-0.3, -0.25) is 0 Å². The van der Waals surface area contributed by atoms with E-state index in [2.05, 4.69) is 19.9 Å². The van der Waals surface area contributed by atoms with Crippen molar-refractivity contribution in [2.24, 2.45) is 17.1 Å². The van der Waals surface area contributed by atoms with Crippen LogP contribution in [0.1, 0.15) is 46.0 Å². The predicted octanol–water partition coefficient (Wildman–Crippen LogP) is 2.86. The molecule has 0 aromatic rings. The highest BCUT2D eigenvalue weighted by atomic mass is 14.7. The topological polar surface area (TPSA) is 26.0 Å². The highest BCUT2D eigenvalue weighted by Crippen LogP contribution is 2.45. The van der Waals surface area contributed by atoms with Crippen LogP contribution in [0.4, 0.5) is 0 Å². The van der Waals surface area contributed by atoms with Crippen LogP contribution in [0.2, 0.25) is 0 Å². The SMILES string of the molecule is CC(N)C1(C)C=C2CCCC(C2)C1. The molecule has 0 amide bonds. The van der Waals surface area contributed by atoms with Gasteiger partial charge in [-0.2, -0.15) is 0 Å². The lowest BCUT2D eigenvalue weighted by molar-refractivity contribution is 0.215. The van der Waals surface area contributed by atoms with Crippen molar-refractivity contribution in [2.45, 2.75) is 52.0 Å². The molecule has 0 aliphatic heterocycles. The summed E-state index contributed by atoms with van der Waals surface area (Å²) >= 11 is 0. The van der Waals surface area contributed by atoms with Crippen molar-refractivity contribution in [3.63, 3.8) is 0 Å². The van der Waals surface area contributed by atoms with E-state index in [9.17, 15) is 0 Å². The molecule has 0 aromatic carbocycles. The van der Waals surface area contributed by atoms with E-state index in [1.54, 1.807) is 5.57 Å². The maximum Gasteiger partial charge on any atom is 0.00993 e. The van der Waals surface area contributed by atoms with Gasteiger partial charge in [0, 0.05) is 11.5 Å². The summed E-state index contributed by atoms with van der Waals surface area (Å²) in [5.74, 6) is 0.935. The monoisotopic (exact) mass is 179 g/mol. The van der Waals surface area contributed by atoms with Gasteiger partial charge in [-0.15, -0.1) is 0 Å². The second kappa shape index (κ2) is 3.13. The molecular formula is C12H21N. The maximum atomic E-state index is 6.06. The second-order valence-corrected chi connectivity index (χ2v) is 5.26. The fraction of sp³-hybridized carbons (Fsp3) is 0.833. The fourth-order valence-electron chi connectivity index (χ4n) is 2.96. The Labute approximate surface area is 81.4 Å². The molecule has 0 saturated heterocycles. The van der Waals surface area contributed by atoms with E-state index in [0.717, 1.165) is 5.92 Å². The zero-order chi connectivity index (χ0) is 9.47. The molecule has 0 aromatic heterocycles. The first-order chi connectivity index (χ1) is 6.10. The van der Waals surface area contributed by atoms with Gasteiger partial charge < -0.3 is 5.73 Å². The Morgan fingerprint density at radius 1 is 1.62 bits per heavy atom. The molecule has 0 heterocycles. The van der Waals surface area contributed by atoms with Gasteiger partial charge in [-0.05, 0) is 44.9 Å². The number of nitrogens with two attached hydrogens (primary N) is 1. The normalized spacial score (nSPS) is 41.2. The van der Waals surface area contributed by atoms with E-state index in [1.807, 2.05) is 0 Å². The van der Waals surface area contributed by atoms with Crippen molar-refractivity contribution < 1.29 is 0 Å². The van der Waals surface area contributed by atoms with E-state index in [0.29, 0.717) is 11.5 Å². The summed E-state index contributed by atoms with van der Waals surface area (Å²) < 4.78 is 0. The third-order valence-electron chi connectivity index (χ3n) is 3.96. The first-order valence-electron chi connectivity index (χ1n) is 5.56. The minimum Gasteiger partial charge on any atom is -0.327 e. The van der Waals surface area contributed by atoms with Crippen molar-refractivity contribution in [3.8, 4) is 0 Å². The van der Waals surface area contributed by atoms with E-state index >= 15 is 0 Å². The summed E-state index contributed by atoms with van der Waals surface area (Å²) in [4.78, 5) is 0. The minimum absolute atomic E-state index is 0.290. The maximum absolute atomic E-state index is 6.06. The Hall–Kier alpha value is -0.300. The molecule has 3 atom stereocenters. The average Bonchev–Trinajstić information content (AvgIpc) is 2.02. The van der Waals surface area contributed by atoms with Crippen LogP contribution in [0.15, 0.2) is 11.6 Å². The van der Waals surface area contributed by atoms with Crippen LogP contribution in [-0.2, 0) is 0 Å². The summed E-state index contributed by atoms with van der Waals surface area (Å²) in [5.41, 5.74) is 8.03. The van der Waals surface area contributed by atoms with E-state index in [1.165, 1.54) is 32.1 Å². The lowest BCUT2D eigenvalue weighted by atomic mass is 9.65. The van der Waals surface area contributed by atoms with Crippen LogP contribution >= 0.6 is 0 Å². The third kappa shape index (κ3) is 1.67. The van der Waals surface area contributed by atoms with Crippen molar-refractivity contribution in [1.82, 2.24) is 0 Å². The quantitative estimate of drug-likeness (QED) is 0.615. The lowest BCUT2D eigenvalue weighted by Gasteiger charge is -2.41. The highest BCUT2D eigenvalue weighted by molar-refractivity contribution is 5.18. The van der Waals surface area contributed by atoms with E-state index < -0.39 is 0 Å². The molecule has 2 N–H and O–H groups in total. The Kier molecular flexibility index (Phi) is 2.23. The summed E-state index contributed by atoms with van der Waals surface area (Å²) in [5, 5.41) is 0. The van der Waals surface area contributed by atoms with E-state index in [4.69, 9.17) is 5.73 Å². The zero-order valence-corrected chi connectivity index (χ0v) is 8.84. The van der Waals surface area contributed by atoms with Crippen LogP contribution in [0.5, 0.6) is 0 Å². The first kappa shape index (κ1) is 9.26. The van der Waals surface area contributed by atoms with Crippen LogP contribution < -0.4 is 5.73 Å². The van der Waals surface area contributed by atoms with Gasteiger partial charge >= 0.3 is 0 Å². The molecule has 2 aliphatic carbocycles. The summed E-state index contributed by atoms with van der Waals surface area (Å²) in [7, 11) is 0.